The summed E-state index contributed by atoms with van der Waals surface area (Å²) in [4.78, 5) is 2.33. The van der Waals surface area contributed by atoms with Gasteiger partial charge in [-0.15, -0.1) is 10.2 Å². The maximum Gasteiger partial charge on any atom is 0.156 e. The first-order valence-corrected chi connectivity index (χ1v) is 10.1. The van der Waals surface area contributed by atoms with E-state index in [2.05, 4.69) is 27.5 Å². The molecule has 29 heavy (non-hydrogen) atoms. The van der Waals surface area contributed by atoms with Crippen LogP contribution in [-0.4, -0.2) is 51.5 Å². The highest BCUT2D eigenvalue weighted by Crippen LogP contribution is 2.36. The van der Waals surface area contributed by atoms with E-state index in [1.165, 1.54) is 6.42 Å². The summed E-state index contributed by atoms with van der Waals surface area (Å²) in [5, 5.41) is 35.3. The Morgan fingerprint density at radius 3 is 2.55 bits per heavy atom. The molecule has 3 aromatic rings. The molecule has 2 heterocycles. The summed E-state index contributed by atoms with van der Waals surface area (Å²) in [6.07, 6.45) is 2.28. The number of aliphatic hydroxyl groups is 1. The van der Waals surface area contributed by atoms with Crippen molar-refractivity contribution in [2.24, 2.45) is 0 Å². The SMILES string of the molecule is CN1CCC[C@@H](Nc2nnc(-c3ccc(C(C)(C)O)cc3O)c3ccccc23)C1. The van der Waals surface area contributed by atoms with Gasteiger partial charge in [0, 0.05) is 28.9 Å². The molecule has 0 unspecified atom stereocenters. The number of anilines is 1. The fourth-order valence-corrected chi connectivity index (χ4v) is 4.00. The third-order valence-corrected chi connectivity index (χ3v) is 5.61. The molecule has 0 bridgehead atoms. The molecule has 1 aromatic heterocycles. The van der Waals surface area contributed by atoms with Crippen molar-refractivity contribution in [2.45, 2.75) is 38.3 Å². The predicted octanol–water partition coefficient (Wildman–Crippen LogP) is 3.74. The number of piperidine rings is 1. The van der Waals surface area contributed by atoms with E-state index in [0.717, 1.165) is 36.1 Å². The quantitative estimate of drug-likeness (QED) is 0.628. The highest BCUT2D eigenvalue weighted by molar-refractivity contribution is 6.00. The van der Waals surface area contributed by atoms with Crippen LogP contribution in [0.2, 0.25) is 0 Å². The van der Waals surface area contributed by atoms with Gasteiger partial charge in [0.25, 0.3) is 0 Å². The van der Waals surface area contributed by atoms with Crippen LogP contribution in [0.25, 0.3) is 22.0 Å². The summed E-state index contributed by atoms with van der Waals surface area (Å²) in [6, 6.07) is 13.5. The fraction of sp³-hybridized carbons (Fsp3) is 0.391. The topological polar surface area (TPSA) is 81.5 Å². The van der Waals surface area contributed by atoms with E-state index in [0.29, 0.717) is 22.9 Å². The molecule has 1 aliphatic rings. The first-order valence-electron chi connectivity index (χ1n) is 10.1. The Kier molecular flexibility index (Phi) is 5.15. The lowest BCUT2D eigenvalue weighted by atomic mass is 9.95. The maximum atomic E-state index is 10.6. The first kappa shape index (κ1) is 19.6. The van der Waals surface area contributed by atoms with Gasteiger partial charge >= 0.3 is 0 Å². The Morgan fingerprint density at radius 1 is 1.10 bits per heavy atom. The number of nitrogens with one attached hydrogen (secondary N) is 1. The lowest BCUT2D eigenvalue weighted by Gasteiger charge is -2.30. The summed E-state index contributed by atoms with van der Waals surface area (Å²) in [5.74, 6) is 0.857. The average Bonchev–Trinajstić information content (AvgIpc) is 2.68. The average molecular weight is 393 g/mol. The third kappa shape index (κ3) is 4.04. The molecule has 2 aromatic carbocycles. The van der Waals surface area contributed by atoms with Gasteiger partial charge in [-0.25, -0.2) is 0 Å². The monoisotopic (exact) mass is 392 g/mol. The number of rotatable bonds is 4. The molecule has 6 nitrogen and oxygen atoms in total. The van der Waals surface area contributed by atoms with Gasteiger partial charge in [0.05, 0.1) is 5.60 Å². The second kappa shape index (κ2) is 7.61. The van der Waals surface area contributed by atoms with Crippen molar-refractivity contribution in [3.05, 3.63) is 48.0 Å². The number of hydrogen-bond acceptors (Lipinski definition) is 6. The van der Waals surface area contributed by atoms with Crippen molar-refractivity contribution in [2.75, 3.05) is 25.5 Å². The van der Waals surface area contributed by atoms with Crippen molar-refractivity contribution < 1.29 is 10.2 Å². The lowest BCUT2D eigenvalue weighted by molar-refractivity contribution is 0.0783. The summed E-state index contributed by atoms with van der Waals surface area (Å²) in [6.45, 7) is 5.50. The molecule has 1 atom stereocenters. The van der Waals surface area contributed by atoms with Crippen LogP contribution in [0, 0.1) is 0 Å². The number of nitrogens with zero attached hydrogens (tertiary/aromatic N) is 3. The van der Waals surface area contributed by atoms with Crippen LogP contribution in [0.1, 0.15) is 32.3 Å². The molecular formula is C23H28N4O2. The zero-order valence-electron chi connectivity index (χ0n) is 17.2. The lowest BCUT2D eigenvalue weighted by Crippen LogP contribution is -2.40. The second-order valence-corrected chi connectivity index (χ2v) is 8.48. The minimum absolute atomic E-state index is 0.0821. The Labute approximate surface area is 171 Å². The molecule has 0 amide bonds. The summed E-state index contributed by atoms with van der Waals surface area (Å²) >= 11 is 0. The number of likely N-dealkylation sites (N-methyl/N-ethyl adjacent to an activating group) is 1. The van der Waals surface area contributed by atoms with Crippen molar-refractivity contribution in [1.29, 1.82) is 0 Å². The van der Waals surface area contributed by atoms with Gasteiger partial charge in [-0.3, -0.25) is 0 Å². The normalized spacial score (nSPS) is 18.1. The fourth-order valence-electron chi connectivity index (χ4n) is 4.00. The van der Waals surface area contributed by atoms with Crippen molar-refractivity contribution in [3.8, 4) is 17.0 Å². The number of likely N-dealkylation sites (tertiary alicyclic amines) is 1. The van der Waals surface area contributed by atoms with Gasteiger partial charge in [-0.1, -0.05) is 30.3 Å². The van der Waals surface area contributed by atoms with Crippen molar-refractivity contribution in [3.63, 3.8) is 0 Å². The zero-order chi connectivity index (χ0) is 20.6. The minimum Gasteiger partial charge on any atom is -0.507 e. The van der Waals surface area contributed by atoms with Crippen LogP contribution in [0.15, 0.2) is 42.5 Å². The Bertz CT molecular complexity index is 1030. The predicted molar refractivity (Wildman–Crippen MR) is 116 cm³/mol. The number of phenols is 1. The van der Waals surface area contributed by atoms with Gasteiger partial charge < -0.3 is 20.4 Å². The van der Waals surface area contributed by atoms with E-state index < -0.39 is 5.60 Å². The summed E-state index contributed by atoms with van der Waals surface area (Å²) in [5.41, 5.74) is 0.859. The van der Waals surface area contributed by atoms with E-state index in [1.807, 2.05) is 30.3 Å². The van der Waals surface area contributed by atoms with Gasteiger partial charge in [-0.2, -0.15) is 0 Å². The molecule has 152 valence electrons. The molecule has 0 spiro atoms. The molecular weight excluding hydrogens is 364 g/mol. The molecule has 6 heteroatoms. The summed E-state index contributed by atoms with van der Waals surface area (Å²) in [7, 11) is 2.14. The van der Waals surface area contributed by atoms with Crippen LogP contribution < -0.4 is 5.32 Å². The Morgan fingerprint density at radius 2 is 1.86 bits per heavy atom. The highest BCUT2D eigenvalue weighted by Gasteiger charge is 2.21. The number of hydrogen-bond donors (Lipinski definition) is 3. The maximum absolute atomic E-state index is 10.6. The van der Waals surface area contributed by atoms with E-state index in [-0.39, 0.29) is 5.75 Å². The molecule has 1 aliphatic heterocycles. The van der Waals surface area contributed by atoms with Crippen LogP contribution in [-0.2, 0) is 5.60 Å². The number of benzene rings is 2. The van der Waals surface area contributed by atoms with Crippen molar-refractivity contribution in [1.82, 2.24) is 15.1 Å². The Balaban J connectivity index is 1.74. The van der Waals surface area contributed by atoms with Crippen LogP contribution in [0.3, 0.4) is 0 Å². The van der Waals surface area contributed by atoms with E-state index in [4.69, 9.17) is 0 Å². The zero-order valence-corrected chi connectivity index (χ0v) is 17.2. The smallest absolute Gasteiger partial charge is 0.156 e. The largest absolute Gasteiger partial charge is 0.507 e. The van der Waals surface area contributed by atoms with Crippen LogP contribution in [0.4, 0.5) is 5.82 Å². The van der Waals surface area contributed by atoms with Gasteiger partial charge in [-0.05, 0) is 58.0 Å². The molecule has 0 saturated carbocycles. The van der Waals surface area contributed by atoms with E-state index in [1.54, 1.807) is 26.0 Å². The molecule has 1 saturated heterocycles. The second-order valence-electron chi connectivity index (χ2n) is 8.48. The highest BCUT2D eigenvalue weighted by atomic mass is 16.3. The van der Waals surface area contributed by atoms with Gasteiger partial charge in [0.2, 0.25) is 0 Å². The number of phenolic OH excluding ortho intramolecular Hbond substituents is 1. The number of aromatic nitrogens is 2. The summed E-state index contributed by atoms with van der Waals surface area (Å²) < 4.78 is 0. The number of aromatic hydroxyl groups is 1. The standard InChI is InChI=1S/C23H28N4O2/c1-23(2,29)15-10-11-19(20(28)13-15)21-17-8-4-5-9-18(17)22(26-25-21)24-16-7-6-12-27(3)14-16/h4-5,8-11,13,16,28-29H,6-7,12,14H2,1-3H3,(H,24,26)/t16-/m1/s1. The van der Waals surface area contributed by atoms with Crippen molar-refractivity contribution >= 4 is 16.6 Å². The van der Waals surface area contributed by atoms with E-state index >= 15 is 0 Å². The minimum atomic E-state index is -1.02. The first-order chi connectivity index (χ1) is 13.8. The third-order valence-electron chi connectivity index (χ3n) is 5.61. The molecule has 1 fully saturated rings. The molecule has 0 radical (unpaired) electrons. The molecule has 3 N–H and O–H groups in total. The molecule has 4 rings (SSSR count). The van der Waals surface area contributed by atoms with E-state index in [9.17, 15) is 10.2 Å². The van der Waals surface area contributed by atoms with Gasteiger partial charge in [0.15, 0.2) is 5.82 Å². The van der Waals surface area contributed by atoms with Gasteiger partial charge in [0.1, 0.15) is 11.4 Å². The molecule has 0 aliphatic carbocycles. The van der Waals surface area contributed by atoms with Crippen LogP contribution in [0.5, 0.6) is 5.75 Å². The Hall–Kier alpha value is -2.70. The number of fused-ring (bicyclic) bond motifs is 1. The van der Waals surface area contributed by atoms with Crippen LogP contribution >= 0.6 is 0 Å².